The number of hydrogen-bond donors (Lipinski definition) is 1. The number of nitrogens with zero attached hydrogens (tertiary/aromatic N) is 2. The molecule has 3 heterocycles. The first-order valence-corrected chi connectivity index (χ1v) is 10.7. The monoisotopic (exact) mass is 479 g/mol. The third-order valence-electron chi connectivity index (χ3n) is 4.77. The number of thiazole rings is 1. The molecule has 2 aromatic carbocycles. The Bertz CT molecular complexity index is 1480. The van der Waals surface area contributed by atoms with Gasteiger partial charge in [-0.15, -0.1) is 11.3 Å². The lowest BCUT2D eigenvalue weighted by atomic mass is 10.1. The topological polar surface area (TPSA) is 76.6 Å². The van der Waals surface area contributed by atoms with Crippen LogP contribution in [0.2, 0.25) is 0 Å². The van der Waals surface area contributed by atoms with Crippen molar-refractivity contribution >= 4 is 54.8 Å². The zero-order chi connectivity index (χ0) is 20.8. The standard InChI is InChI=1S/C22H14BrN3O3S/c1-12-11-30-22-25-18(10-26(12)22)13-2-5-16(6-3-13)24-20(27)17-9-14-8-15(23)4-7-19(14)29-21(17)28/h2-11H,1H3,(H,24,27). The molecule has 0 saturated heterocycles. The molecule has 30 heavy (non-hydrogen) atoms. The van der Waals surface area contributed by atoms with Gasteiger partial charge in [-0.2, -0.15) is 0 Å². The maximum atomic E-state index is 12.6. The smallest absolute Gasteiger partial charge is 0.349 e. The van der Waals surface area contributed by atoms with Crippen LogP contribution in [0.25, 0.3) is 27.2 Å². The Hall–Kier alpha value is -3.23. The Kier molecular flexibility index (Phi) is 4.52. The molecule has 8 heteroatoms. The summed E-state index contributed by atoms with van der Waals surface area (Å²) in [4.78, 5) is 30.4. The van der Waals surface area contributed by atoms with E-state index < -0.39 is 11.5 Å². The summed E-state index contributed by atoms with van der Waals surface area (Å²) < 4.78 is 8.15. The molecule has 0 atom stereocenters. The molecule has 0 aliphatic heterocycles. The van der Waals surface area contributed by atoms with Crippen LogP contribution in [0.3, 0.4) is 0 Å². The summed E-state index contributed by atoms with van der Waals surface area (Å²) >= 11 is 4.97. The van der Waals surface area contributed by atoms with Crippen LogP contribution in [0.15, 0.2) is 73.8 Å². The van der Waals surface area contributed by atoms with Crippen LogP contribution in [0.4, 0.5) is 5.69 Å². The van der Waals surface area contributed by atoms with Gasteiger partial charge in [0.25, 0.3) is 5.91 Å². The molecule has 1 N–H and O–H groups in total. The average molecular weight is 480 g/mol. The SMILES string of the molecule is Cc1csc2nc(-c3ccc(NC(=O)c4cc5cc(Br)ccc5oc4=O)cc3)cn12. The number of aryl methyl sites for hydroxylation is 1. The van der Waals surface area contributed by atoms with E-state index in [1.807, 2.05) is 29.7 Å². The summed E-state index contributed by atoms with van der Waals surface area (Å²) in [5, 5.41) is 5.48. The molecule has 0 unspecified atom stereocenters. The second kappa shape index (κ2) is 7.23. The number of aromatic nitrogens is 2. The number of carbonyl (C=O) groups is 1. The number of nitrogens with one attached hydrogen (secondary N) is 1. The summed E-state index contributed by atoms with van der Waals surface area (Å²) in [6.07, 6.45) is 1.99. The number of benzene rings is 2. The highest BCUT2D eigenvalue weighted by Crippen LogP contribution is 2.25. The quantitative estimate of drug-likeness (QED) is 0.347. The van der Waals surface area contributed by atoms with E-state index in [1.165, 1.54) is 6.07 Å². The highest BCUT2D eigenvalue weighted by Gasteiger charge is 2.15. The maximum Gasteiger partial charge on any atom is 0.349 e. The molecule has 1 amide bonds. The lowest BCUT2D eigenvalue weighted by Crippen LogP contribution is -2.20. The highest BCUT2D eigenvalue weighted by molar-refractivity contribution is 9.10. The second-order valence-corrected chi connectivity index (χ2v) is 8.57. The predicted molar refractivity (Wildman–Crippen MR) is 121 cm³/mol. The lowest BCUT2D eigenvalue weighted by Gasteiger charge is -2.06. The minimum atomic E-state index is -0.674. The van der Waals surface area contributed by atoms with Crippen molar-refractivity contribution in [3.05, 3.63) is 86.3 Å². The number of imidazole rings is 1. The minimum Gasteiger partial charge on any atom is -0.422 e. The fourth-order valence-corrected chi connectivity index (χ4v) is 4.44. The molecule has 0 aliphatic carbocycles. The van der Waals surface area contributed by atoms with Crippen molar-refractivity contribution in [2.24, 2.45) is 0 Å². The molecule has 0 aliphatic rings. The summed E-state index contributed by atoms with van der Waals surface area (Å²) in [6.45, 7) is 2.04. The van der Waals surface area contributed by atoms with Gasteiger partial charge < -0.3 is 9.73 Å². The van der Waals surface area contributed by atoms with Gasteiger partial charge in [-0.1, -0.05) is 28.1 Å². The summed E-state index contributed by atoms with van der Waals surface area (Å²) in [7, 11) is 0. The van der Waals surface area contributed by atoms with Crippen LogP contribution in [0.5, 0.6) is 0 Å². The average Bonchev–Trinajstić information content (AvgIpc) is 3.30. The fraction of sp³-hybridized carbons (Fsp3) is 0.0455. The van der Waals surface area contributed by atoms with E-state index >= 15 is 0 Å². The maximum absolute atomic E-state index is 12.6. The molecule has 148 valence electrons. The molecular formula is C22H14BrN3O3S. The van der Waals surface area contributed by atoms with Gasteiger partial charge in [-0.05, 0) is 43.3 Å². The molecule has 5 rings (SSSR count). The number of carbonyl (C=O) groups excluding carboxylic acids is 1. The van der Waals surface area contributed by atoms with Crippen LogP contribution in [0.1, 0.15) is 16.1 Å². The van der Waals surface area contributed by atoms with Crippen molar-refractivity contribution in [2.45, 2.75) is 6.92 Å². The zero-order valence-corrected chi connectivity index (χ0v) is 18.1. The first-order chi connectivity index (χ1) is 14.5. The highest BCUT2D eigenvalue weighted by atomic mass is 79.9. The van der Waals surface area contributed by atoms with E-state index in [9.17, 15) is 9.59 Å². The van der Waals surface area contributed by atoms with Gasteiger partial charge >= 0.3 is 5.63 Å². The first-order valence-electron chi connectivity index (χ1n) is 9.06. The summed E-state index contributed by atoms with van der Waals surface area (Å²) in [5.41, 5.74) is 3.23. The number of amides is 1. The van der Waals surface area contributed by atoms with E-state index in [0.717, 1.165) is 26.4 Å². The van der Waals surface area contributed by atoms with Crippen LogP contribution in [-0.2, 0) is 0 Å². The molecule has 5 aromatic rings. The van der Waals surface area contributed by atoms with Gasteiger partial charge in [0.05, 0.1) is 5.69 Å². The Balaban J connectivity index is 1.40. The normalized spacial score (nSPS) is 11.3. The van der Waals surface area contributed by atoms with Crippen molar-refractivity contribution in [2.75, 3.05) is 5.32 Å². The molecule has 0 saturated carbocycles. The van der Waals surface area contributed by atoms with E-state index in [-0.39, 0.29) is 5.56 Å². The molecule has 3 aromatic heterocycles. The Morgan fingerprint density at radius 1 is 1.17 bits per heavy atom. The number of anilines is 1. The second-order valence-electron chi connectivity index (χ2n) is 6.82. The van der Waals surface area contributed by atoms with Gasteiger partial charge in [0.15, 0.2) is 4.96 Å². The third kappa shape index (κ3) is 3.34. The number of rotatable bonds is 3. The molecule has 0 bridgehead atoms. The van der Waals surface area contributed by atoms with Gasteiger partial charge in [-0.25, -0.2) is 9.78 Å². The molecule has 0 fully saturated rings. The van der Waals surface area contributed by atoms with Crippen LogP contribution in [-0.4, -0.2) is 15.3 Å². The Labute approximate surface area is 182 Å². The van der Waals surface area contributed by atoms with Gasteiger partial charge in [0.1, 0.15) is 11.1 Å². The van der Waals surface area contributed by atoms with Crippen molar-refractivity contribution in [3.63, 3.8) is 0 Å². The minimum absolute atomic E-state index is 0.0468. The van der Waals surface area contributed by atoms with E-state index in [4.69, 9.17) is 4.42 Å². The molecule has 0 radical (unpaired) electrons. The molecule has 0 spiro atoms. The van der Waals surface area contributed by atoms with Crippen LogP contribution >= 0.6 is 27.3 Å². The predicted octanol–water partition coefficient (Wildman–Crippen LogP) is 5.49. The zero-order valence-electron chi connectivity index (χ0n) is 15.7. The van der Waals surface area contributed by atoms with E-state index in [1.54, 1.807) is 41.7 Å². The summed E-state index contributed by atoms with van der Waals surface area (Å²) in [6, 6.07) is 14.1. The van der Waals surface area contributed by atoms with Crippen LogP contribution in [0, 0.1) is 6.92 Å². The number of fused-ring (bicyclic) bond motifs is 2. The first kappa shape index (κ1) is 18.8. The Morgan fingerprint density at radius 3 is 2.73 bits per heavy atom. The van der Waals surface area contributed by atoms with E-state index in [2.05, 4.69) is 31.6 Å². The van der Waals surface area contributed by atoms with E-state index in [0.29, 0.717) is 16.7 Å². The van der Waals surface area contributed by atoms with Crippen molar-refractivity contribution in [1.29, 1.82) is 0 Å². The summed E-state index contributed by atoms with van der Waals surface area (Å²) in [5.74, 6) is -0.517. The Morgan fingerprint density at radius 2 is 1.97 bits per heavy atom. The van der Waals surface area contributed by atoms with Crippen molar-refractivity contribution in [1.82, 2.24) is 9.38 Å². The lowest BCUT2D eigenvalue weighted by molar-refractivity contribution is 0.102. The number of hydrogen-bond acceptors (Lipinski definition) is 5. The number of halogens is 1. The largest absolute Gasteiger partial charge is 0.422 e. The third-order valence-corrected chi connectivity index (χ3v) is 6.22. The molecule has 6 nitrogen and oxygen atoms in total. The fourth-order valence-electron chi connectivity index (χ4n) is 3.21. The van der Waals surface area contributed by atoms with Crippen molar-refractivity contribution < 1.29 is 9.21 Å². The van der Waals surface area contributed by atoms with Crippen LogP contribution < -0.4 is 10.9 Å². The molecular weight excluding hydrogens is 466 g/mol. The van der Waals surface area contributed by atoms with Crippen molar-refractivity contribution in [3.8, 4) is 11.3 Å². The van der Waals surface area contributed by atoms with Gasteiger partial charge in [0.2, 0.25) is 0 Å². The van der Waals surface area contributed by atoms with Gasteiger partial charge in [0, 0.05) is 38.4 Å². The van der Waals surface area contributed by atoms with Gasteiger partial charge in [-0.3, -0.25) is 9.20 Å².